The summed E-state index contributed by atoms with van der Waals surface area (Å²) in [4.78, 5) is 1.21. The molecule has 2 aromatic rings. The van der Waals surface area contributed by atoms with Crippen molar-refractivity contribution in [2.75, 3.05) is 5.75 Å². The summed E-state index contributed by atoms with van der Waals surface area (Å²) in [5, 5.41) is 3.54. The first-order chi connectivity index (χ1) is 9.33. The van der Waals surface area contributed by atoms with Crippen LogP contribution >= 0.6 is 11.8 Å². The number of benzene rings is 2. The number of fused-ring (bicyclic) bond motifs is 1. The summed E-state index contributed by atoms with van der Waals surface area (Å²) in [6.45, 7) is 0.826. The highest BCUT2D eigenvalue weighted by Crippen LogP contribution is 2.36. The Morgan fingerprint density at radius 1 is 1.16 bits per heavy atom. The van der Waals surface area contributed by atoms with Crippen molar-refractivity contribution < 1.29 is 4.39 Å². The highest BCUT2D eigenvalue weighted by molar-refractivity contribution is 7.99. The Bertz CT molecular complexity index is 556. The van der Waals surface area contributed by atoms with Gasteiger partial charge in [0.25, 0.3) is 0 Å². The van der Waals surface area contributed by atoms with E-state index in [0.29, 0.717) is 0 Å². The van der Waals surface area contributed by atoms with Gasteiger partial charge >= 0.3 is 0 Å². The molecule has 1 aliphatic heterocycles. The number of nitrogens with one attached hydrogen (secondary N) is 1. The zero-order valence-electron chi connectivity index (χ0n) is 10.6. The summed E-state index contributed by atoms with van der Waals surface area (Å²) < 4.78 is 13.4. The van der Waals surface area contributed by atoms with Crippen molar-refractivity contribution in [2.45, 2.75) is 23.9 Å². The van der Waals surface area contributed by atoms with E-state index in [-0.39, 0.29) is 11.9 Å². The van der Waals surface area contributed by atoms with Crippen LogP contribution in [0.15, 0.2) is 53.4 Å². The van der Waals surface area contributed by atoms with Crippen molar-refractivity contribution in [3.05, 3.63) is 65.5 Å². The van der Waals surface area contributed by atoms with E-state index in [9.17, 15) is 4.39 Å². The van der Waals surface area contributed by atoms with Gasteiger partial charge in [0.2, 0.25) is 0 Å². The van der Waals surface area contributed by atoms with Gasteiger partial charge in [0.1, 0.15) is 5.82 Å². The molecule has 0 amide bonds. The molecule has 3 heteroatoms. The molecule has 0 saturated heterocycles. The topological polar surface area (TPSA) is 12.0 Å². The maximum absolute atomic E-state index is 13.4. The molecule has 0 aromatic heterocycles. The molecule has 0 spiro atoms. The molecule has 1 aliphatic rings. The molecule has 1 unspecified atom stereocenters. The zero-order valence-corrected chi connectivity index (χ0v) is 11.4. The van der Waals surface area contributed by atoms with Gasteiger partial charge in [-0.15, -0.1) is 11.8 Å². The van der Waals surface area contributed by atoms with Crippen molar-refractivity contribution in [3.63, 3.8) is 0 Å². The summed E-state index contributed by atoms with van der Waals surface area (Å²) in [6.07, 6.45) is 1.05. The van der Waals surface area contributed by atoms with Gasteiger partial charge in [-0.3, -0.25) is 0 Å². The summed E-state index contributed by atoms with van der Waals surface area (Å²) in [7, 11) is 0. The van der Waals surface area contributed by atoms with Gasteiger partial charge in [0.05, 0.1) is 0 Å². The number of rotatable bonds is 3. The van der Waals surface area contributed by atoms with E-state index in [4.69, 9.17) is 0 Å². The van der Waals surface area contributed by atoms with Gasteiger partial charge in [0.15, 0.2) is 0 Å². The minimum atomic E-state index is -0.146. The third kappa shape index (κ3) is 2.99. The van der Waals surface area contributed by atoms with E-state index >= 15 is 0 Å². The summed E-state index contributed by atoms with van der Waals surface area (Å²) in [5.41, 5.74) is 2.37. The van der Waals surface area contributed by atoms with E-state index in [0.717, 1.165) is 24.3 Å². The summed E-state index contributed by atoms with van der Waals surface area (Å²) >= 11 is 1.82. The highest BCUT2D eigenvalue weighted by atomic mass is 32.2. The summed E-state index contributed by atoms with van der Waals surface area (Å²) in [6, 6.07) is 15.7. The molecule has 0 radical (unpaired) electrons. The third-order valence-electron chi connectivity index (χ3n) is 3.41. The fourth-order valence-corrected chi connectivity index (χ4v) is 3.52. The van der Waals surface area contributed by atoms with Gasteiger partial charge < -0.3 is 5.32 Å². The van der Waals surface area contributed by atoms with Crippen LogP contribution < -0.4 is 5.32 Å². The average molecular weight is 273 g/mol. The smallest absolute Gasteiger partial charge is 0.123 e. The summed E-state index contributed by atoms with van der Waals surface area (Å²) in [5.74, 6) is 0.943. The van der Waals surface area contributed by atoms with Crippen LogP contribution in [0.2, 0.25) is 0 Å². The van der Waals surface area contributed by atoms with Crippen LogP contribution in [0.5, 0.6) is 0 Å². The van der Waals surface area contributed by atoms with E-state index in [1.54, 1.807) is 12.1 Å². The van der Waals surface area contributed by atoms with Gasteiger partial charge in [-0.1, -0.05) is 30.3 Å². The monoisotopic (exact) mass is 273 g/mol. The predicted octanol–water partition coefficient (Wildman–Crippen LogP) is 4.15. The second kappa shape index (κ2) is 5.76. The van der Waals surface area contributed by atoms with Crippen LogP contribution in [0.3, 0.4) is 0 Å². The highest BCUT2D eigenvalue weighted by Gasteiger charge is 2.20. The van der Waals surface area contributed by atoms with Crippen molar-refractivity contribution in [1.29, 1.82) is 0 Å². The van der Waals surface area contributed by atoms with Crippen molar-refractivity contribution in [2.24, 2.45) is 0 Å². The largest absolute Gasteiger partial charge is 0.306 e. The van der Waals surface area contributed by atoms with Crippen LogP contribution in [-0.4, -0.2) is 5.75 Å². The number of halogens is 1. The first-order valence-electron chi connectivity index (χ1n) is 6.52. The number of hydrogen-bond donors (Lipinski definition) is 1. The van der Waals surface area contributed by atoms with Crippen LogP contribution in [0.4, 0.5) is 4.39 Å². The predicted molar refractivity (Wildman–Crippen MR) is 77.8 cm³/mol. The fourth-order valence-electron chi connectivity index (χ4n) is 2.41. The van der Waals surface area contributed by atoms with Gasteiger partial charge in [-0.25, -0.2) is 4.39 Å². The molecule has 3 rings (SSSR count). The van der Waals surface area contributed by atoms with Gasteiger partial charge in [-0.2, -0.15) is 0 Å². The molecule has 19 heavy (non-hydrogen) atoms. The van der Waals surface area contributed by atoms with Crippen LogP contribution in [0.25, 0.3) is 0 Å². The Balaban J connectivity index is 1.75. The third-order valence-corrected chi connectivity index (χ3v) is 4.53. The van der Waals surface area contributed by atoms with Crippen molar-refractivity contribution in [3.8, 4) is 0 Å². The lowest BCUT2D eigenvalue weighted by atomic mass is 10.0. The molecule has 0 fully saturated rings. The van der Waals surface area contributed by atoms with Crippen LogP contribution in [0, 0.1) is 5.82 Å². The molecule has 0 bridgehead atoms. The molecule has 1 nitrogen and oxygen atoms in total. The molecule has 1 N–H and O–H groups in total. The average Bonchev–Trinajstić information content (AvgIpc) is 2.46. The minimum absolute atomic E-state index is 0.146. The molecular formula is C16H16FNS. The zero-order chi connectivity index (χ0) is 13.1. The minimum Gasteiger partial charge on any atom is -0.306 e. The lowest BCUT2D eigenvalue weighted by Crippen LogP contribution is -2.24. The Morgan fingerprint density at radius 3 is 2.84 bits per heavy atom. The Kier molecular flexibility index (Phi) is 3.85. The standard InChI is InChI=1S/C16H16FNS/c17-13-6-7-16-14(10-13)15(8-9-19-16)18-11-12-4-2-1-3-5-12/h1-7,10,15,18H,8-9,11H2. The first-order valence-corrected chi connectivity index (χ1v) is 7.51. The molecule has 0 saturated carbocycles. The molecule has 2 aromatic carbocycles. The SMILES string of the molecule is Fc1ccc2c(c1)C(NCc1ccccc1)CCS2. The van der Waals surface area contributed by atoms with Crippen LogP contribution in [0.1, 0.15) is 23.6 Å². The normalized spacial score (nSPS) is 18.1. The molecular weight excluding hydrogens is 257 g/mol. The fraction of sp³-hybridized carbons (Fsp3) is 0.250. The Morgan fingerprint density at radius 2 is 2.00 bits per heavy atom. The van der Waals surface area contributed by atoms with Crippen molar-refractivity contribution in [1.82, 2.24) is 5.32 Å². The molecule has 98 valence electrons. The van der Waals surface area contributed by atoms with Gasteiger partial charge in [-0.05, 0) is 41.5 Å². The first kappa shape index (κ1) is 12.7. The quantitative estimate of drug-likeness (QED) is 0.901. The Labute approximate surface area is 117 Å². The molecule has 0 aliphatic carbocycles. The van der Waals surface area contributed by atoms with Gasteiger partial charge in [0, 0.05) is 17.5 Å². The molecule has 1 atom stereocenters. The lowest BCUT2D eigenvalue weighted by molar-refractivity contribution is 0.504. The molecule has 1 heterocycles. The maximum Gasteiger partial charge on any atom is 0.123 e. The second-order valence-electron chi connectivity index (χ2n) is 4.74. The van der Waals surface area contributed by atoms with Crippen molar-refractivity contribution >= 4 is 11.8 Å². The lowest BCUT2D eigenvalue weighted by Gasteiger charge is -2.26. The van der Waals surface area contributed by atoms with E-state index in [1.807, 2.05) is 36.0 Å². The Hall–Kier alpha value is -1.32. The van der Waals surface area contributed by atoms with E-state index in [2.05, 4.69) is 17.4 Å². The number of thioether (sulfide) groups is 1. The van der Waals surface area contributed by atoms with E-state index in [1.165, 1.54) is 10.5 Å². The number of hydrogen-bond acceptors (Lipinski definition) is 2. The maximum atomic E-state index is 13.4. The van der Waals surface area contributed by atoms with E-state index < -0.39 is 0 Å². The van der Waals surface area contributed by atoms with Crippen LogP contribution in [-0.2, 0) is 6.54 Å². The second-order valence-corrected chi connectivity index (χ2v) is 5.88.